The zero-order valence-electron chi connectivity index (χ0n) is 16.1. The first-order valence-corrected chi connectivity index (χ1v) is 9.67. The summed E-state index contributed by atoms with van der Waals surface area (Å²) in [7, 11) is 3.80. The Kier molecular flexibility index (Phi) is 4.87. The lowest BCUT2D eigenvalue weighted by Gasteiger charge is -2.43. The number of methoxy groups -OCH3 is 1. The first-order valence-electron chi connectivity index (χ1n) is 9.67. The molecule has 1 aromatic carbocycles. The zero-order chi connectivity index (χ0) is 18.9. The van der Waals surface area contributed by atoms with Gasteiger partial charge in [0.25, 0.3) is 5.91 Å². The third kappa shape index (κ3) is 3.32. The summed E-state index contributed by atoms with van der Waals surface area (Å²) in [6.07, 6.45) is 4.85. The van der Waals surface area contributed by atoms with Crippen LogP contribution in [-0.4, -0.2) is 60.0 Å². The maximum atomic E-state index is 12.9. The molecule has 27 heavy (non-hydrogen) atoms. The number of hydrogen-bond acceptors (Lipinski definition) is 4. The van der Waals surface area contributed by atoms with Crippen LogP contribution in [0.1, 0.15) is 41.1 Å². The Hall–Kier alpha value is -2.40. The Bertz CT molecular complexity index is 800. The summed E-state index contributed by atoms with van der Waals surface area (Å²) >= 11 is 0. The number of amides is 1. The van der Waals surface area contributed by atoms with Crippen LogP contribution in [0, 0.1) is 0 Å². The Balaban J connectivity index is 1.45. The molecule has 0 saturated carbocycles. The van der Waals surface area contributed by atoms with E-state index in [0.29, 0.717) is 17.4 Å². The Morgan fingerprint density at radius 3 is 2.59 bits per heavy atom. The minimum absolute atomic E-state index is 0.0232. The van der Waals surface area contributed by atoms with Gasteiger partial charge in [0.1, 0.15) is 5.56 Å². The van der Waals surface area contributed by atoms with Gasteiger partial charge in [0.2, 0.25) is 5.88 Å². The van der Waals surface area contributed by atoms with E-state index in [9.17, 15) is 4.79 Å². The van der Waals surface area contributed by atoms with E-state index in [1.165, 1.54) is 12.0 Å². The van der Waals surface area contributed by atoms with Crippen LogP contribution in [0.4, 0.5) is 0 Å². The summed E-state index contributed by atoms with van der Waals surface area (Å²) in [4.78, 5) is 21.6. The largest absolute Gasteiger partial charge is 0.480 e. The summed E-state index contributed by atoms with van der Waals surface area (Å²) < 4.78 is 5.26. The number of carbonyl (C=O) groups excluding carboxylic acids is 1. The van der Waals surface area contributed by atoms with Crippen molar-refractivity contribution in [2.24, 2.45) is 0 Å². The van der Waals surface area contributed by atoms with Crippen LogP contribution in [-0.2, 0) is 0 Å². The molecule has 0 aliphatic carbocycles. The van der Waals surface area contributed by atoms with E-state index in [1.807, 2.05) is 4.90 Å². The lowest BCUT2D eigenvalue weighted by molar-refractivity contribution is 0.0489. The van der Waals surface area contributed by atoms with Gasteiger partial charge in [-0.3, -0.25) is 9.69 Å². The molecule has 1 unspecified atom stereocenters. The van der Waals surface area contributed by atoms with Crippen molar-refractivity contribution in [3.8, 4) is 5.88 Å². The molecule has 5 heteroatoms. The van der Waals surface area contributed by atoms with E-state index >= 15 is 0 Å². The van der Waals surface area contributed by atoms with Crippen molar-refractivity contribution in [3.05, 3.63) is 59.8 Å². The predicted molar refractivity (Wildman–Crippen MR) is 105 cm³/mol. The SMILES string of the molecule is COc1ncccc1C(=O)N1CCC2(CC1)CC(c1ccccc1)CN2C. The molecule has 2 aliphatic heterocycles. The zero-order valence-corrected chi connectivity index (χ0v) is 16.1. The van der Waals surface area contributed by atoms with Crippen molar-refractivity contribution in [2.45, 2.75) is 30.7 Å². The van der Waals surface area contributed by atoms with E-state index in [-0.39, 0.29) is 11.4 Å². The van der Waals surface area contributed by atoms with Crippen molar-refractivity contribution in [1.82, 2.24) is 14.8 Å². The molecule has 2 fully saturated rings. The summed E-state index contributed by atoms with van der Waals surface area (Å²) in [6, 6.07) is 14.4. The highest BCUT2D eigenvalue weighted by Crippen LogP contribution is 2.44. The van der Waals surface area contributed by atoms with Crippen LogP contribution in [0.2, 0.25) is 0 Å². The number of ether oxygens (including phenoxy) is 1. The number of rotatable bonds is 3. The number of likely N-dealkylation sites (N-methyl/N-ethyl adjacent to an activating group) is 1. The number of benzene rings is 1. The molecule has 1 aromatic heterocycles. The quantitative estimate of drug-likeness (QED) is 0.838. The average molecular weight is 365 g/mol. The van der Waals surface area contributed by atoms with Gasteiger partial charge in [-0.1, -0.05) is 30.3 Å². The van der Waals surface area contributed by atoms with Crippen LogP contribution >= 0.6 is 0 Å². The maximum absolute atomic E-state index is 12.9. The normalized spacial score (nSPS) is 22.1. The molecule has 2 saturated heterocycles. The lowest BCUT2D eigenvalue weighted by atomic mass is 9.81. The van der Waals surface area contributed by atoms with E-state index in [2.05, 4.69) is 47.3 Å². The van der Waals surface area contributed by atoms with Crippen molar-refractivity contribution in [3.63, 3.8) is 0 Å². The molecule has 142 valence electrons. The van der Waals surface area contributed by atoms with E-state index < -0.39 is 0 Å². The highest BCUT2D eigenvalue weighted by molar-refractivity contribution is 5.96. The molecule has 1 amide bonds. The topological polar surface area (TPSA) is 45.7 Å². The second-order valence-corrected chi connectivity index (χ2v) is 7.77. The highest BCUT2D eigenvalue weighted by Gasteiger charge is 2.46. The summed E-state index contributed by atoms with van der Waals surface area (Å²) in [5, 5.41) is 0. The Morgan fingerprint density at radius 1 is 1.15 bits per heavy atom. The molecule has 1 atom stereocenters. The highest BCUT2D eigenvalue weighted by atomic mass is 16.5. The first-order chi connectivity index (χ1) is 13.1. The second-order valence-electron chi connectivity index (χ2n) is 7.77. The number of pyridine rings is 1. The predicted octanol–water partition coefficient (Wildman–Crippen LogP) is 3.18. The standard InChI is InChI=1S/C22H27N3O2/c1-24-16-18(17-7-4-3-5-8-17)15-22(24)10-13-25(14-11-22)21(26)19-9-6-12-23-20(19)27-2/h3-9,12,18H,10-11,13-16H2,1-2H3. The van der Waals surface area contributed by atoms with Crippen LogP contribution < -0.4 is 4.74 Å². The number of nitrogens with zero attached hydrogens (tertiary/aromatic N) is 3. The molecule has 0 radical (unpaired) electrons. The van der Waals surface area contributed by atoms with E-state index in [0.717, 1.165) is 32.5 Å². The van der Waals surface area contributed by atoms with Crippen molar-refractivity contribution in [2.75, 3.05) is 33.8 Å². The van der Waals surface area contributed by atoms with Gasteiger partial charge >= 0.3 is 0 Å². The molecule has 5 nitrogen and oxygen atoms in total. The summed E-state index contributed by atoms with van der Waals surface area (Å²) in [5.41, 5.74) is 2.19. The molecule has 1 spiro atoms. The Morgan fingerprint density at radius 2 is 1.89 bits per heavy atom. The van der Waals surface area contributed by atoms with Crippen LogP contribution in [0.15, 0.2) is 48.7 Å². The Labute approximate surface area is 161 Å². The van der Waals surface area contributed by atoms with E-state index in [4.69, 9.17) is 4.74 Å². The molecule has 3 heterocycles. The number of carbonyl (C=O) groups is 1. The summed E-state index contributed by atoms with van der Waals surface area (Å²) in [6.45, 7) is 2.65. The fourth-order valence-electron chi connectivity index (χ4n) is 4.75. The third-order valence-electron chi connectivity index (χ3n) is 6.38. The van der Waals surface area contributed by atoms with Gasteiger partial charge in [-0.15, -0.1) is 0 Å². The number of hydrogen-bond donors (Lipinski definition) is 0. The monoisotopic (exact) mass is 365 g/mol. The smallest absolute Gasteiger partial charge is 0.259 e. The minimum atomic E-state index is 0.0232. The van der Waals surface area contributed by atoms with Gasteiger partial charge in [0.05, 0.1) is 7.11 Å². The van der Waals surface area contributed by atoms with Gasteiger partial charge in [-0.05, 0) is 49.9 Å². The van der Waals surface area contributed by atoms with Gasteiger partial charge in [-0.25, -0.2) is 4.98 Å². The average Bonchev–Trinajstić information content (AvgIpc) is 3.04. The molecule has 4 rings (SSSR count). The fourth-order valence-corrected chi connectivity index (χ4v) is 4.75. The second kappa shape index (κ2) is 7.31. The van der Waals surface area contributed by atoms with Crippen molar-refractivity contribution in [1.29, 1.82) is 0 Å². The summed E-state index contributed by atoms with van der Waals surface area (Å²) in [5.74, 6) is 1.01. The van der Waals surface area contributed by atoms with Gasteiger partial charge in [-0.2, -0.15) is 0 Å². The molecular formula is C22H27N3O2. The fraction of sp³-hybridized carbons (Fsp3) is 0.455. The minimum Gasteiger partial charge on any atom is -0.480 e. The van der Waals surface area contributed by atoms with Crippen LogP contribution in [0.3, 0.4) is 0 Å². The number of piperidine rings is 1. The van der Waals surface area contributed by atoms with Crippen molar-refractivity contribution < 1.29 is 9.53 Å². The maximum Gasteiger partial charge on any atom is 0.259 e. The molecule has 0 N–H and O–H groups in total. The molecule has 0 bridgehead atoms. The molecule has 2 aromatic rings. The van der Waals surface area contributed by atoms with E-state index in [1.54, 1.807) is 25.4 Å². The molecular weight excluding hydrogens is 338 g/mol. The van der Waals surface area contributed by atoms with Gasteiger partial charge in [0.15, 0.2) is 0 Å². The van der Waals surface area contributed by atoms with Gasteiger partial charge in [0, 0.05) is 31.4 Å². The van der Waals surface area contributed by atoms with Crippen LogP contribution in [0.5, 0.6) is 5.88 Å². The van der Waals surface area contributed by atoms with Gasteiger partial charge < -0.3 is 9.64 Å². The molecule has 2 aliphatic rings. The van der Waals surface area contributed by atoms with Crippen LogP contribution in [0.25, 0.3) is 0 Å². The first kappa shape index (κ1) is 18.0. The number of aromatic nitrogens is 1. The third-order valence-corrected chi connectivity index (χ3v) is 6.38. The number of likely N-dealkylation sites (tertiary alicyclic amines) is 2. The lowest BCUT2D eigenvalue weighted by Crippen LogP contribution is -2.52. The van der Waals surface area contributed by atoms with Crippen molar-refractivity contribution >= 4 is 5.91 Å².